The van der Waals surface area contributed by atoms with Gasteiger partial charge in [-0.05, 0) is 42.7 Å². The lowest BCUT2D eigenvalue weighted by Crippen LogP contribution is -2.46. The van der Waals surface area contributed by atoms with Crippen molar-refractivity contribution in [3.63, 3.8) is 0 Å². The Hall–Kier alpha value is -2.20. The topological polar surface area (TPSA) is 23.6 Å². The van der Waals surface area contributed by atoms with Crippen molar-refractivity contribution >= 4 is 11.6 Å². The number of nitrogens with zero attached hydrogens (tertiary/aromatic N) is 2. The first-order valence-corrected chi connectivity index (χ1v) is 8.45. The Morgan fingerprint density at radius 1 is 1.08 bits per heavy atom. The standard InChI is InChI=1S/C20H23FN2O/c1-16(24)23(19-9-7-18(21)8-10-19)20-11-13-22(14-12-20)15-17-5-3-2-4-6-17/h2-10,20H,11-15H2,1H3. The molecule has 0 bridgehead atoms. The number of carbonyl (C=O) groups excluding carboxylic acids is 1. The van der Waals surface area contributed by atoms with E-state index in [-0.39, 0.29) is 17.8 Å². The molecule has 0 aliphatic carbocycles. The minimum absolute atomic E-state index is 0.0168. The van der Waals surface area contributed by atoms with Gasteiger partial charge in [-0.15, -0.1) is 0 Å². The van der Waals surface area contributed by atoms with E-state index in [1.165, 1.54) is 17.7 Å². The molecule has 0 aromatic heterocycles. The summed E-state index contributed by atoms with van der Waals surface area (Å²) >= 11 is 0. The molecule has 1 aliphatic heterocycles. The van der Waals surface area contributed by atoms with Crippen LogP contribution in [0.3, 0.4) is 0 Å². The number of hydrogen-bond acceptors (Lipinski definition) is 2. The van der Waals surface area contributed by atoms with E-state index in [1.807, 2.05) is 11.0 Å². The van der Waals surface area contributed by atoms with E-state index in [9.17, 15) is 9.18 Å². The third-order valence-electron chi connectivity index (χ3n) is 4.62. The highest BCUT2D eigenvalue weighted by Crippen LogP contribution is 2.25. The van der Waals surface area contributed by atoms with Crippen LogP contribution in [0.5, 0.6) is 0 Å². The molecule has 0 atom stereocenters. The van der Waals surface area contributed by atoms with E-state index < -0.39 is 0 Å². The van der Waals surface area contributed by atoms with Gasteiger partial charge < -0.3 is 4.90 Å². The molecule has 0 spiro atoms. The van der Waals surface area contributed by atoms with Gasteiger partial charge in [-0.2, -0.15) is 0 Å². The summed E-state index contributed by atoms with van der Waals surface area (Å²) in [6.07, 6.45) is 1.87. The fourth-order valence-corrected chi connectivity index (χ4v) is 3.43. The van der Waals surface area contributed by atoms with Crippen molar-refractivity contribution in [1.82, 2.24) is 4.90 Å². The lowest BCUT2D eigenvalue weighted by atomic mass is 10.0. The summed E-state index contributed by atoms with van der Waals surface area (Å²) in [5.41, 5.74) is 2.10. The molecule has 2 aromatic rings. The highest BCUT2D eigenvalue weighted by molar-refractivity contribution is 5.92. The third kappa shape index (κ3) is 4.01. The molecule has 0 N–H and O–H groups in total. The van der Waals surface area contributed by atoms with Crippen LogP contribution in [0, 0.1) is 5.82 Å². The number of carbonyl (C=O) groups is 1. The first-order valence-electron chi connectivity index (χ1n) is 8.45. The second-order valence-electron chi connectivity index (χ2n) is 6.36. The number of likely N-dealkylation sites (tertiary alicyclic amines) is 1. The SMILES string of the molecule is CC(=O)N(c1ccc(F)cc1)C1CCN(Cc2ccccc2)CC1. The van der Waals surface area contributed by atoms with E-state index >= 15 is 0 Å². The van der Waals surface area contributed by atoms with Gasteiger partial charge in [0.25, 0.3) is 0 Å². The zero-order valence-electron chi connectivity index (χ0n) is 14.0. The highest BCUT2D eigenvalue weighted by atomic mass is 19.1. The van der Waals surface area contributed by atoms with Crippen molar-refractivity contribution in [3.8, 4) is 0 Å². The van der Waals surface area contributed by atoms with Crippen molar-refractivity contribution in [2.24, 2.45) is 0 Å². The van der Waals surface area contributed by atoms with Gasteiger partial charge in [-0.3, -0.25) is 9.69 Å². The highest BCUT2D eigenvalue weighted by Gasteiger charge is 2.27. The maximum Gasteiger partial charge on any atom is 0.224 e. The van der Waals surface area contributed by atoms with Gasteiger partial charge in [0.05, 0.1) is 0 Å². The molecule has 0 radical (unpaired) electrons. The molecule has 0 saturated carbocycles. The second kappa shape index (κ2) is 7.58. The molecule has 126 valence electrons. The van der Waals surface area contributed by atoms with Crippen LogP contribution in [-0.2, 0) is 11.3 Å². The smallest absolute Gasteiger partial charge is 0.224 e. The van der Waals surface area contributed by atoms with Gasteiger partial charge in [-0.25, -0.2) is 4.39 Å². The molecule has 1 amide bonds. The minimum atomic E-state index is -0.278. The Bertz CT molecular complexity index is 664. The summed E-state index contributed by atoms with van der Waals surface area (Å²) in [4.78, 5) is 16.4. The average molecular weight is 326 g/mol. The second-order valence-corrected chi connectivity index (χ2v) is 6.36. The number of anilines is 1. The molecule has 2 aromatic carbocycles. The van der Waals surface area contributed by atoms with Gasteiger partial charge >= 0.3 is 0 Å². The van der Waals surface area contributed by atoms with Crippen LogP contribution in [0.15, 0.2) is 54.6 Å². The summed E-state index contributed by atoms with van der Waals surface area (Å²) in [6.45, 7) is 4.46. The number of piperidine rings is 1. The lowest BCUT2D eigenvalue weighted by Gasteiger charge is -2.38. The molecule has 24 heavy (non-hydrogen) atoms. The summed E-state index contributed by atoms with van der Waals surface area (Å²) in [5, 5.41) is 0. The van der Waals surface area contributed by atoms with Gasteiger partial charge in [-0.1, -0.05) is 30.3 Å². The fraction of sp³-hybridized carbons (Fsp3) is 0.350. The van der Waals surface area contributed by atoms with Crippen LogP contribution < -0.4 is 4.90 Å². The number of amides is 1. The first kappa shape index (κ1) is 16.7. The van der Waals surface area contributed by atoms with Crippen LogP contribution in [-0.4, -0.2) is 29.9 Å². The molecule has 1 fully saturated rings. The Labute approximate surface area is 142 Å². The van der Waals surface area contributed by atoms with Crippen molar-refractivity contribution in [2.45, 2.75) is 32.4 Å². The van der Waals surface area contributed by atoms with Crippen LogP contribution in [0.25, 0.3) is 0 Å². The Morgan fingerprint density at radius 2 is 1.71 bits per heavy atom. The summed E-state index contributed by atoms with van der Waals surface area (Å²) < 4.78 is 13.1. The monoisotopic (exact) mass is 326 g/mol. The molecular weight excluding hydrogens is 303 g/mol. The normalized spacial score (nSPS) is 16.1. The van der Waals surface area contributed by atoms with Crippen molar-refractivity contribution < 1.29 is 9.18 Å². The molecule has 3 nitrogen and oxygen atoms in total. The number of benzene rings is 2. The van der Waals surface area contributed by atoms with Crippen LogP contribution in [0.4, 0.5) is 10.1 Å². The zero-order chi connectivity index (χ0) is 16.9. The van der Waals surface area contributed by atoms with Crippen LogP contribution in [0.2, 0.25) is 0 Å². The first-order chi connectivity index (χ1) is 11.6. The average Bonchev–Trinajstić information content (AvgIpc) is 2.59. The molecule has 1 saturated heterocycles. The maximum atomic E-state index is 13.1. The van der Waals surface area contributed by atoms with E-state index in [0.29, 0.717) is 0 Å². The zero-order valence-corrected chi connectivity index (χ0v) is 14.0. The number of hydrogen-bond donors (Lipinski definition) is 0. The Morgan fingerprint density at radius 3 is 2.29 bits per heavy atom. The van der Waals surface area contributed by atoms with Crippen molar-refractivity contribution in [1.29, 1.82) is 0 Å². The van der Waals surface area contributed by atoms with E-state index in [2.05, 4.69) is 29.2 Å². The van der Waals surface area contributed by atoms with Crippen molar-refractivity contribution in [2.75, 3.05) is 18.0 Å². The lowest BCUT2D eigenvalue weighted by molar-refractivity contribution is -0.117. The molecule has 0 unspecified atom stereocenters. The van der Waals surface area contributed by atoms with E-state index in [1.54, 1.807) is 19.1 Å². The van der Waals surface area contributed by atoms with Crippen LogP contribution >= 0.6 is 0 Å². The third-order valence-corrected chi connectivity index (χ3v) is 4.62. The summed E-state index contributed by atoms with van der Waals surface area (Å²) in [6, 6.07) is 16.8. The van der Waals surface area contributed by atoms with Crippen LogP contribution in [0.1, 0.15) is 25.3 Å². The molecule has 3 rings (SSSR count). The van der Waals surface area contributed by atoms with Gasteiger partial charge in [0, 0.05) is 38.3 Å². The fourth-order valence-electron chi connectivity index (χ4n) is 3.43. The largest absolute Gasteiger partial charge is 0.310 e. The van der Waals surface area contributed by atoms with Crippen molar-refractivity contribution in [3.05, 3.63) is 66.0 Å². The van der Waals surface area contributed by atoms with Gasteiger partial charge in [0.2, 0.25) is 5.91 Å². The predicted molar refractivity (Wildman–Crippen MR) is 94.3 cm³/mol. The van der Waals surface area contributed by atoms with Gasteiger partial charge in [0.15, 0.2) is 0 Å². The minimum Gasteiger partial charge on any atom is -0.310 e. The van der Waals surface area contributed by atoms with E-state index in [4.69, 9.17) is 0 Å². The number of rotatable bonds is 4. The molecule has 4 heteroatoms. The Balaban J connectivity index is 1.63. The molecule has 1 aliphatic rings. The maximum absolute atomic E-state index is 13.1. The predicted octanol–water partition coefficient (Wildman–Crippen LogP) is 3.84. The Kier molecular flexibility index (Phi) is 5.26. The van der Waals surface area contributed by atoms with E-state index in [0.717, 1.165) is 38.2 Å². The molecule has 1 heterocycles. The quantitative estimate of drug-likeness (QED) is 0.852. The van der Waals surface area contributed by atoms with Gasteiger partial charge in [0.1, 0.15) is 5.82 Å². The summed E-state index contributed by atoms with van der Waals surface area (Å²) in [7, 11) is 0. The number of halogens is 1. The summed E-state index contributed by atoms with van der Waals surface area (Å²) in [5.74, 6) is -0.261. The molecular formula is C20H23FN2O.